The molecule has 1 fully saturated rings. The Balaban J connectivity index is 1.80. The van der Waals surface area contributed by atoms with Crippen LogP contribution in [0.4, 0.5) is 5.69 Å². The number of rotatable bonds is 5. The van der Waals surface area contributed by atoms with Crippen molar-refractivity contribution in [3.63, 3.8) is 0 Å². The van der Waals surface area contributed by atoms with Crippen LogP contribution in [-0.2, 0) is 16.1 Å². The highest BCUT2D eigenvalue weighted by atomic mass is 16.4. The first-order valence-electron chi connectivity index (χ1n) is 7.06. The van der Waals surface area contributed by atoms with Gasteiger partial charge in [-0.1, -0.05) is 12.1 Å². The zero-order valence-corrected chi connectivity index (χ0v) is 12.2. The molecule has 0 bridgehead atoms. The van der Waals surface area contributed by atoms with Crippen molar-refractivity contribution in [2.75, 3.05) is 38.0 Å². The van der Waals surface area contributed by atoms with Crippen molar-refractivity contribution in [3.05, 3.63) is 29.8 Å². The molecular formula is C15H21N3O3. The first-order valence-corrected chi connectivity index (χ1v) is 7.06. The molecule has 0 spiro atoms. The second kappa shape index (κ2) is 7.19. The van der Waals surface area contributed by atoms with E-state index in [1.165, 1.54) is 12.5 Å². The molecule has 21 heavy (non-hydrogen) atoms. The SMILES string of the molecule is CC(=O)Nc1ccc(CN2CCN(CC(=O)O)CC2)cc1. The maximum atomic E-state index is 11.0. The second-order valence-electron chi connectivity index (χ2n) is 5.32. The molecule has 1 saturated heterocycles. The Morgan fingerprint density at radius 1 is 1.10 bits per heavy atom. The van der Waals surface area contributed by atoms with Crippen LogP contribution in [0.5, 0.6) is 0 Å². The highest BCUT2D eigenvalue weighted by Gasteiger charge is 2.18. The summed E-state index contributed by atoms with van der Waals surface area (Å²) >= 11 is 0. The molecule has 6 nitrogen and oxygen atoms in total. The minimum Gasteiger partial charge on any atom is -0.480 e. The van der Waals surface area contributed by atoms with Gasteiger partial charge >= 0.3 is 5.97 Å². The van der Waals surface area contributed by atoms with Crippen LogP contribution in [0.1, 0.15) is 12.5 Å². The number of carboxylic acids is 1. The third-order valence-electron chi connectivity index (χ3n) is 3.50. The Kier molecular flexibility index (Phi) is 5.30. The number of nitrogens with zero attached hydrogens (tertiary/aromatic N) is 2. The number of amides is 1. The fraction of sp³-hybridized carbons (Fsp3) is 0.467. The van der Waals surface area contributed by atoms with Gasteiger partial charge in [0.1, 0.15) is 0 Å². The smallest absolute Gasteiger partial charge is 0.317 e. The van der Waals surface area contributed by atoms with Crippen molar-refractivity contribution < 1.29 is 14.7 Å². The molecule has 1 heterocycles. The largest absolute Gasteiger partial charge is 0.480 e. The summed E-state index contributed by atoms with van der Waals surface area (Å²) in [6.07, 6.45) is 0. The highest BCUT2D eigenvalue weighted by Crippen LogP contribution is 2.13. The van der Waals surface area contributed by atoms with E-state index in [0.29, 0.717) is 0 Å². The van der Waals surface area contributed by atoms with Gasteiger partial charge < -0.3 is 10.4 Å². The van der Waals surface area contributed by atoms with Gasteiger partial charge in [-0.05, 0) is 17.7 Å². The van der Waals surface area contributed by atoms with Crippen molar-refractivity contribution >= 4 is 17.6 Å². The molecule has 1 aliphatic rings. The number of hydrogen-bond donors (Lipinski definition) is 2. The Bertz CT molecular complexity index is 493. The van der Waals surface area contributed by atoms with Crippen LogP contribution < -0.4 is 5.32 Å². The standard InChI is InChI=1S/C15H21N3O3/c1-12(19)16-14-4-2-13(3-5-14)10-17-6-8-18(9-7-17)11-15(20)21/h2-5H,6-11H2,1H3,(H,16,19)(H,20,21). The van der Waals surface area contributed by atoms with Crippen LogP contribution in [0.2, 0.25) is 0 Å². The molecule has 0 aliphatic carbocycles. The molecule has 0 aromatic heterocycles. The lowest BCUT2D eigenvalue weighted by Crippen LogP contribution is -2.47. The van der Waals surface area contributed by atoms with Crippen molar-refractivity contribution in [1.29, 1.82) is 0 Å². The van der Waals surface area contributed by atoms with E-state index in [1.54, 1.807) is 0 Å². The molecule has 2 N–H and O–H groups in total. The number of anilines is 1. The third kappa shape index (κ3) is 5.17. The van der Waals surface area contributed by atoms with Gasteiger partial charge in [0.2, 0.25) is 5.91 Å². The number of carbonyl (C=O) groups is 2. The van der Waals surface area contributed by atoms with Gasteiger partial charge in [0.25, 0.3) is 0 Å². The van der Waals surface area contributed by atoms with Gasteiger partial charge in [0.05, 0.1) is 6.54 Å². The normalized spacial score (nSPS) is 16.6. The number of hydrogen-bond acceptors (Lipinski definition) is 4. The average molecular weight is 291 g/mol. The number of carbonyl (C=O) groups excluding carboxylic acids is 1. The monoisotopic (exact) mass is 291 g/mol. The molecule has 1 amide bonds. The van der Waals surface area contributed by atoms with E-state index in [1.807, 2.05) is 29.2 Å². The number of nitrogens with one attached hydrogen (secondary N) is 1. The predicted octanol–water partition coefficient (Wildman–Crippen LogP) is 0.847. The topological polar surface area (TPSA) is 72.9 Å². The van der Waals surface area contributed by atoms with Gasteiger partial charge in [-0.25, -0.2) is 0 Å². The number of piperazine rings is 1. The summed E-state index contributed by atoms with van der Waals surface area (Å²) in [4.78, 5) is 25.9. The van der Waals surface area contributed by atoms with Gasteiger partial charge in [-0.3, -0.25) is 19.4 Å². The van der Waals surface area contributed by atoms with Crippen LogP contribution in [0, 0.1) is 0 Å². The van der Waals surface area contributed by atoms with Crippen LogP contribution in [0.15, 0.2) is 24.3 Å². The van der Waals surface area contributed by atoms with E-state index >= 15 is 0 Å². The molecule has 6 heteroatoms. The molecule has 1 aromatic carbocycles. The Morgan fingerprint density at radius 2 is 1.67 bits per heavy atom. The van der Waals surface area contributed by atoms with Crippen LogP contribution >= 0.6 is 0 Å². The lowest BCUT2D eigenvalue weighted by molar-refractivity contribution is -0.138. The van der Waals surface area contributed by atoms with Crippen molar-refractivity contribution in [2.24, 2.45) is 0 Å². The van der Waals surface area contributed by atoms with E-state index in [4.69, 9.17) is 5.11 Å². The van der Waals surface area contributed by atoms with Gasteiger partial charge in [-0.2, -0.15) is 0 Å². The average Bonchev–Trinajstić information content (AvgIpc) is 2.42. The summed E-state index contributed by atoms with van der Waals surface area (Å²) < 4.78 is 0. The first kappa shape index (κ1) is 15.5. The molecular weight excluding hydrogens is 270 g/mol. The molecule has 1 aromatic rings. The van der Waals surface area contributed by atoms with E-state index in [2.05, 4.69) is 10.2 Å². The Hall–Kier alpha value is -1.92. The van der Waals surface area contributed by atoms with Crippen molar-refractivity contribution in [1.82, 2.24) is 9.80 Å². The number of aliphatic carboxylic acids is 1. The summed E-state index contributed by atoms with van der Waals surface area (Å²) in [7, 11) is 0. The lowest BCUT2D eigenvalue weighted by atomic mass is 10.1. The first-order chi connectivity index (χ1) is 10.0. The second-order valence-corrected chi connectivity index (χ2v) is 5.32. The molecule has 1 aliphatic heterocycles. The van der Waals surface area contributed by atoms with E-state index in [0.717, 1.165) is 38.4 Å². The minimum atomic E-state index is -0.767. The fourth-order valence-corrected chi connectivity index (χ4v) is 2.45. The Morgan fingerprint density at radius 3 is 2.19 bits per heavy atom. The summed E-state index contributed by atoms with van der Waals surface area (Å²) in [5.74, 6) is -0.839. The van der Waals surface area contributed by atoms with Crippen LogP contribution in [0.3, 0.4) is 0 Å². The zero-order chi connectivity index (χ0) is 15.2. The number of carboxylic acid groups (broad SMARTS) is 1. The highest BCUT2D eigenvalue weighted by molar-refractivity contribution is 5.88. The third-order valence-corrected chi connectivity index (χ3v) is 3.50. The molecule has 0 radical (unpaired) electrons. The van der Waals surface area contributed by atoms with Gasteiger partial charge in [-0.15, -0.1) is 0 Å². The summed E-state index contributed by atoms with van der Waals surface area (Å²) in [6, 6.07) is 7.82. The molecule has 2 rings (SSSR count). The summed E-state index contributed by atoms with van der Waals surface area (Å²) in [5, 5.41) is 11.5. The van der Waals surface area contributed by atoms with E-state index in [-0.39, 0.29) is 12.5 Å². The number of benzene rings is 1. The molecule has 114 valence electrons. The molecule has 0 unspecified atom stereocenters. The maximum absolute atomic E-state index is 11.0. The Labute approximate surface area is 124 Å². The minimum absolute atomic E-state index is 0.0719. The van der Waals surface area contributed by atoms with E-state index < -0.39 is 5.97 Å². The van der Waals surface area contributed by atoms with Crippen LogP contribution in [-0.4, -0.2) is 59.5 Å². The zero-order valence-electron chi connectivity index (χ0n) is 12.2. The van der Waals surface area contributed by atoms with E-state index in [9.17, 15) is 9.59 Å². The lowest BCUT2D eigenvalue weighted by Gasteiger charge is -2.33. The summed E-state index contributed by atoms with van der Waals surface area (Å²) in [6.45, 7) is 5.79. The predicted molar refractivity (Wildman–Crippen MR) is 80.1 cm³/mol. The summed E-state index contributed by atoms with van der Waals surface area (Å²) in [5.41, 5.74) is 1.99. The molecule has 0 saturated carbocycles. The van der Waals surface area contributed by atoms with Crippen molar-refractivity contribution in [2.45, 2.75) is 13.5 Å². The maximum Gasteiger partial charge on any atom is 0.317 e. The quantitative estimate of drug-likeness (QED) is 0.841. The molecule has 0 atom stereocenters. The fourth-order valence-electron chi connectivity index (χ4n) is 2.45. The van der Waals surface area contributed by atoms with Crippen molar-refractivity contribution in [3.8, 4) is 0 Å². The van der Waals surface area contributed by atoms with Gasteiger partial charge in [0, 0.05) is 45.3 Å². The van der Waals surface area contributed by atoms with Crippen LogP contribution in [0.25, 0.3) is 0 Å². The van der Waals surface area contributed by atoms with Gasteiger partial charge in [0.15, 0.2) is 0 Å².